The Morgan fingerprint density at radius 3 is 2.93 bits per heavy atom. The topological polar surface area (TPSA) is 20.7 Å². The lowest BCUT2D eigenvalue weighted by atomic mass is 10.3. The molecular weight excluding hydrogens is 272 g/mol. The summed E-state index contributed by atoms with van der Waals surface area (Å²) in [5, 5.41) is 0. The molecule has 1 heterocycles. The summed E-state index contributed by atoms with van der Waals surface area (Å²) in [5.74, 6) is 0.759. The summed E-state index contributed by atoms with van der Waals surface area (Å²) in [6, 6.07) is 6.83. The van der Waals surface area contributed by atoms with Crippen molar-refractivity contribution in [1.29, 1.82) is 0 Å². The first kappa shape index (κ1) is 9.60. The Labute approximate surface area is 101 Å². The van der Waals surface area contributed by atoms with Crippen LogP contribution in [0.2, 0.25) is 0 Å². The van der Waals surface area contributed by atoms with E-state index >= 15 is 0 Å². The van der Waals surface area contributed by atoms with Crippen LogP contribution in [-0.4, -0.2) is 9.55 Å². The zero-order valence-electron chi connectivity index (χ0n) is 8.33. The maximum Gasteiger partial charge on any atom is 0.178 e. The molecule has 1 saturated carbocycles. The maximum atomic E-state index is 5.36. The molecule has 1 fully saturated rings. The molecule has 1 N–H and O–H groups in total. The standard InChI is InChI=1S/C11H11BrN2S/c1-6-4-9(6)14-10-5-7(12)2-3-8(10)13-11(14)15/h2-3,5-6,9H,4H2,1H3,(H,13,15). The second-order valence-electron chi connectivity index (χ2n) is 4.24. The van der Waals surface area contributed by atoms with Crippen LogP contribution in [-0.2, 0) is 0 Å². The van der Waals surface area contributed by atoms with Crippen LogP contribution >= 0.6 is 28.1 Å². The minimum absolute atomic E-state index is 0.598. The van der Waals surface area contributed by atoms with Crippen LogP contribution in [0.15, 0.2) is 22.7 Å². The minimum atomic E-state index is 0.598. The van der Waals surface area contributed by atoms with Gasteiger partial charge in [-0.2, -0.15) is 0 Å². The molecule has 2 unspecified atom stereocenters. The van der Waals surface area contributed by atoms with E-state index in [1.54, 1.807) is 0 Å². The highest BCUT2D eigenvalue weighted by Crippen LogP contribution is 2.44. The fourth-order valence-electron chi connectivity index (χ4n) is 2.09. The third kappa shape index (κ3) is 1.47. The van der Waals surface area contributed by atoms with Gasteiger partial charge in [-0.25, -0.2) is 0 Å². The van der Waals surface area contributed by atoms with Crippen molar-refractivity contribution in [1.82, 2.24) is 9.55 Å². The molecule has 0 spiro atoms. The third-order valence-electron chi connectivity index (χ3n) is 3.08. The molecule has 2 nitrogen and oxygen atoms in total. The van der Waals surface area contributed by atoms with Gasteiger partial charge in [-0.1, -0.05) is 22.9 Å². The number of aromatic nitrogens is 2. The first-order chi connectivity index (χ1) is 7.16. The molecular formula is C11H11BrN2S. The monoisotopic (exact) mass is 282 g/mol. The van der Waals surface area contributed by atoms with Crippen molar-refractivity contribution in [3.05, 3.63) is 27.4 Å². The van der Waals surface area contributed by atoms with Gasteiger partial charge in [0.25, 0.3) is 0 Å². The van der Waals surface area contributed by atoms with Crippen LogP contribution in [0, 0.1) is 10.7 Å². The average Bonchev–Trinajstić information content (AvgIpc) is 2.78. The molecule has 0 bridgehead atoms. The molecule has 0 amide bonds. The number of aromatic amines is 1. The highest BCUT2D eigenvalue weighted by Gasteiger charge is 2.35. The van der Waals surface area contributed by atoms with Gasteiger partial charge in [-0.3, -0.25) is 0 Å². The minimum Gasteiger partial charge on any atom is -0.331 e. The summed E-state index contributed by atoms with van der Waals surface area (Å²) in [6.07, 6.45) is 1.24. The smallest absolute Gasteiger partial charge is 0.178 e. The van der Waals surface area contributed by atoms with Gasteiger partial charge in [0.15, 0.2) is 4.77 Å². The van der Waals surface area contributed by atoms with Gasteiger partial charge in [0.1, 0.15) is 0 Å². The van der Waals surface area contributed by atoms with Crippen molar-refractivity contribution in [2.75, 3.05) is 0 Å². The molecule has 1 aromatic carbocycles. The summed E-state index contributed by atoms with van der Waals surface area (Å²) in [4.78, 5) is 3.25. The van der Waals surface area contributed by atoms with Gasteiger partial charge in [-0.15, -0.1) is 0 Å². The Kier molecular flexibility index (Phi) is 2.04. The Balaban J connectivity index is 2.31. The molecule has 2 aromatic rings. The van der Waals surface area contributed by atoms with E-state index in [4.69, 9.17) is 12.2 Å². The number of hydrogen-bond donors (Lipinski definition) is 1. The Hall–Kier alpha value is -0.610. The molecule has 0 saturated heterocycles. The van der Waals surface area contributed by atoms with E-state index in [9.17, 15) is 0 Å². The molecule has 4 heteroatoms. The molecule has 78 valence electrons. The number of nitrogens with one attached hydrogen (secondary N) is 1. The van der Waals surface area contributed by atoms with E-state index in [1.807, 2.05) is 6.07 Å². The second kappa shape index (κ2) is 3.19. The van der Waals surface area contributed by atoms with Gasteiger partial charge in [0.05, 0.1) is 11.0 Å². The summed E-state index contributed by atoms with van der Waals surface area (Å²) in [6.45, 7) is 2.27. The highest BCUT2D eigenvalue weighted by atomic mass is 79.9. The van der Waals surface area contributed by atoms with E-state index in [2.05, 4.69) is 44.5 Å². The first-order valence-corrected chi connectivity index (χ1v) is 6.26. The highest BCUT2D eigenvalue weighted by molar-refractivity contribution is 9.10. The zero-order valence-corrected chi connectivity index (χ0v) is 10.7. The largest absolute Gasteiger partial charge is 0.331 e. The number of fused-ring (bicyclic) bond motifs is 1. The van der Waals surface area contributed by atoms with E-state index < -0.39 is 0 Å². The summed E-state index contributed by atoms with van der Waals surface area (Å²) >= 11 is 8.86. The van der Waals surface area contributed by atoms with E-state index in [0.29, 0.717) is 6.04 Å². The molecule has 2 atom stereocenters. The van der Waals surface area contributed by atoms with Crippen molar-refractivity contribution in [3.63, 3.8) is 0 Å². The van der Waals surface area contributed by atoms with Gasteiger partial charge < -0.3 is 9.55 Å². The SMILES string of the molecule is CC1CC1n1c(=S)[nH]c2ccc(Br)cc21. The normalized spacial score (nSPS) is 24.7. The second-order valence-corrected chi connectivity index (χ2v) is 5.54. The lowest BCUT2D eigenvalue weighted by Crippen LogP contribution is -1.94. The lowest BCUT2D eigenvalue weighted by Gasteiger charge is -2.02. The maximum absolute atomic E-state index is 5.36. The molecule has 15 heavy (non-hydrogen) atoms. The molecule has 1 aliphatic rings. The summed E-state index contributed by atoms with van der Waals surface area (Å²) in [5.41, 5.74) is 2.34. The fourth-order valence-corrected chi connectivity index (χ4v) is 2.78. The number of benzene rings is 1. The molecule has 1 aromatic heterocycles. The van der Waals surface area contributed by atoms with Crippen molar-refractivity contribution in [2.45, 2.75) is 19.4 Å². The van der Waals surface area contributed by atoms with E-state index in [-0.39, 0.29) is 0 Å². The van der Waals surface area contributed by atoms with Crippen molar-refractivity contribution in [3.8, 4) is 0 Å². The summed E-state index contributed by atoms with van der Waals surface area (Å²) < 4.78 is 4.20. The van der Waals surface area contributed by atoms with E-state index in [1.165, 1.54) is 11.9 Å². The van der Waals surface area contributed by atoms with Gasteiger partial charge in [0.2, 0.25) is 0 Å². The number of hydrogen-bond acceptors (Lipinski definition) is 1. The Bertz CT molecular complexity index is 584. The lowest BCUT2D eigenvalue weighted by molar-refractivity contribution is 0.695. The quantitative estimate of drug-likeness (QED) is 0.783. The number of rotatable bonds is 1. The van der Waals surface area contributed by atoms with Gasteiger partial charge in [0, 0.05) is 10.5 Å². The number of nitrogens with zero attached hydrogens (tertiary/aromatic N) is 1. The predicted molar refractivity (Wildman–Crippen MR) is 67.6 cm³/mol. The van der Waals surface area contributed by atoms with Crippen molar-refractivity contribution in [2.24, 2.45) is 5.92 Å². The Morgan fingerprint density at radius 2 is 2.27 bits per heavy atom. The van der Waals surface area contributed by atoms with Crippen LogP contribution < -0.4 is 0 Å². The van der Waals surface area contributed by atoms with Crippen LogP contribution in [0.5, 0.6) is 0 Å². The van der Waals surface area contributed by atoms with Crippen LogP contribution in [0.4, 0.5) is 0 Å². The number of halogens is 1. The first-order valence-electron chi connectivity index (χ1n) is 5.06. The van der Waals surface area contributed by atoms with Crippen LogP contribution in [0.25, 0.3) is 11.0 Å². The van der Waals surface area contributed by atoms with Crippen molar-refractivity contribution < 1.29 is 0 Å². The Morgan fingerprint density at radius 1 is 1.53 bits per heavy atom. The molecule has 3 rings (SSSR count). The summed E-state index contributed by atoms with van der Waals surface area (Å²) in [7, 11) is 0. The number of H-pyrrole nitrogens is 1. The van der Waals surface area contributed by atoms with Crippen LogP contribution in [0.3, 0.4) is 0 Å². The predicted octanol–water partition coefficient (Wildman–Crippen LogP) is 4.04. The third-order valence-corrected chi connectivity index (χ3v) is 3.87. The molecule has 1 aliphatic carbocycles. The fraction of sp³-hybridized carbons (Fsp3) is 0.364. The number of imidazole rings is 1. The average molecular weight is 283 g/mol. The van der Waals surface area contributed by atoms with Gasteiger partial charge in [-0.05, 0) is 42.8 Å². The van der Waals surface area contributed by atoms with Gasteiger partial charge >= 0.3 is 0 Å². The molecule has 0 aliphatic heterocycles. The van der Waals surface area contributed by atoms with Crippen LogP contribution in [0.1, 0.15) is 19.4 Å². The zero-order chi connectivity index (χ0) is 10.6. The van der Waals surface area contributed by atoms with E-state index in [0.717, 1.165) is 20.7 Å². The molecule has 0 radical (unpaired) electrons. The van der Waals surface area contributed by atoms with Crippen molar-refractivity contribution >= 4 is 39.2 Å².